The second kappa shape index (κ2) is 41.3. The molecule has 2 heterocycles. The molecular formula is C77H132N12O13. The summed E-state index contributed by atoms with van der Waals surface area (Å²) in [5.74, 6) is -8.07. The molecule has 0 aromatic carbocycles. The minimum absolute atomic E-state index is 0.0317. The average Bonchev–Trinajstić information content (AvgIpc) is 0.881. The molecule has 102 heavy (non-hydrogen) atoms. The second-order valence-electron chi connectivity index (χ2n) is 32.8. The lowest BCUT2D eigenvalue weighted by atomic mass is 9.84. The normalized spacial score (nSPS) is 29.0. The van der Waals surface area contributed by atoms with Crippen LogP contribution in [0.25, 0.3) is 0 Å². The summed E-state index contributed by atoms with van der Waals surface area (Å²) < 4.78 is 0. The van der Waals surface area contributed by atoms with Crippen molar-refractivity contribution < 1.29 is 62.6 Å². The summed E-state index contributed by atoms with van der Waals surface area (Å²) in [6.07, 6.45) is 19.5. The summed E-state index contributed by atoms with van der Waals surface area (Å²) in [5, 5.41) is 28.8. The zero-order valence-corrected chi connectivity index (χ0v) is 64.5. The zero-order valence-electron chi connectivity index (χ0n) is 64.5. The number of hydrogen-bond acceptors (Lipinski definition) is 13. The predicted octanol–water partition coefficient (Wildman–Crippen LogP) is 6.50. The van der Waals surface area contributed by atoms with Gasteiger partial charge in [0.1, 0.15) is 60.4 Å². The maximum atomic E-state index is 15.5. The Labute approximate surface area is 609 Å². The minimum Gasteiger partial charge on any atom is -0.391 e. The van der Waals surface area contributed by atoms with Crippen LogP contribution < -0.4 is 31.9 Å². The number of aliphatic hydroxyl groups excluding tert-OH is 1. The van der Waals surface area contributed by atoms with Gasteiger partial charge in [-0.3, -0.25) is 57.5 Å². The molecule has 2 aliphatic heterocycles. The number of nitrogens with one attached hydrogen (secondary N) is 6. The fraction of sp³-hybridized carbons (Fsp3) is 0.844. The Morgan fingerprint density at radius 3 is 1.27 bits per heavy atom. The number of hydrogen-bond donors (Lipinski definition) is 7. The topological polar surface area (TPSA) is 317 Å². The molecule has 2 saturated heterocycles. The Kier molecular flexibility index (Phi) is 34.3. The summed E-state index contributed by atoms with van der Waals surface area (Å²) >= 11 is 0. The molecule has 0 radical (unpaired) electrons. The maximum absolute atomic E-state index is 15.5. The summed E-state index contributed by atoms with van der Waals surface area (Å²) in [7, 11) is 7.43. The molecule has 578 valence electrons. The summed E-state index contributed by atoms with van der Waals surface area (Å²) in [6, 6.07) is -12.5. The van der Waals surface area contributed by atoms with Crippen LogP contribution in [-0.2, 0) is 57.5 Å². The average molecular weight is 1430 g/mol. The van der Waals surface area contributed by atoms with Crippen LogP contribution in [0.2, 0.25) is 0 Å². The van der Waals surface area contributed by atoms with Gasteiger partial charge in [-0.05, 0) is 119 Å². The minimum atomic E-state index is -1.63. The van der Waals surface area contributed by atoms with Gasteiger partial charge in [-0.1, -0.05) is 170 Å². The highest BCUT2D eigenvalue weighted by Crippen LogP contribution is 2.34. The Hall–Kier alpha value is -6.40. The number of likely N-dealkylation sites (N-methyl/N-ethyl adjacent to an activating group) is 5. The van der Waals surface area contributed by atoms with E-state index in [2.05, 4.69) is 31.9 Å². The second-order valence-corrected chi connectivity index (χ2v) is 32.8. The van der Waals surface area contributed by atoms with E-state index >= 15 is 33.6 Å². The van der Waals surface area contributed by atoms with E-state index < -0.39 is 150 Å². The van der Waals surface area contributed by atoms with Gasteiger partial charge in [0, 0.05) is 48.3 Å². The lowest BCUT2D eigenvalue weighted by Crippen LogP contribution is -2.62. The highest BCUT2D eigenvalue weighted by atomic mass is 16.3. The van der Waals surface area contributed by atoms with Crippen molar-refractivity contribution in [1.29, 1.82) is 0 Å². The number of piperidine rings is 1. The van der Waals surface area contributed by atoms with E-state index in [1.165, 1.54) is 66.5 Å². The van der Waals surface area contributed by atoms with Crippen LogP contribution in [0.4, 0.5) is 0 Å². The Bertz CT molecular complexity index is 2790. The molecule has 4 saturated carbocycles. The van der Waals surface area contributed by atoms with Crippen LogP contribution in [0.1, 0.15) is 254 Å². The zero-order chi connectivity index (χ0) is 75.1. The van der Waals surface area contributed by atoms with Crippen LogP contribution in [-0.4, -0.2) is 227 Å². The van der Waals surface area contributed by atoms with Crippen molar-refractivity contribution in [3.63, 3.8) is 0 Å². The molecule has 0 spiro atoms. The maximum Gasteiger partial charge on any atom is 0.248 e. The van der Waals surface area contributed by atoms with Crippen molar-refractivity contribution in [3.05, 3.63) is 0 Å². The third-order valence-corrected chi connectivity index (χ3v) is 22.8. The van der Waals surface area contributed by atoms with E-state index in [0.29, 0.717) is 25.9 Å². The Morgan fingerprint density at radius 1 is 0.402 bits per heavy atom. The van der Waals surface area contributed by atoms with Gasteiger partial charge in [-0.15, -0.1) is 0 Å². The molecule has 25 heteroatoms. The first-order valence-electron chi connectivity index (χ1n) is 39.4. The number of nitrogens with zero attached hydrogens (tertiary/aromatic N) is 6. The van der Waals surface area contributed by atoms with Crippen LogP contribution >= 0.6 is 0 Å². The van der Waals surface area contributed by atoms with Crippen molar-refractivity contribution in [2.75, 3.05) is 54.9 Å². The molecule has 7 N–H and O–H groups in total. The Morgan fingerprint density at radius 2 is 0.794 bits per heavy atom. The quantitative estimate of drug-likeness (QED) is 0.0869. The number of amides is 12. The van der Waals surface area contributed by atoms with Crippen LogP contribution in [0.15, 0.2) is 0 Å². The lowest BCUT2D eigenvalue weighted by Gasteiger charge is -2.38. The standard InChI is InChI=1S/C77H132N12O13/c1-48(2)39-57-69(94)83-67(52(8)90)77(102)87(12)61(40-49(3)4)70(95)81-58(42-53-29-19-14-20-30-53)73(98)84(9)47-66(92)85(10)62(44-55-33-23-16-24-34-55)71(96)82-60(75(100)89-37-27-18-28-38-89)46-65(91)78-51(7)68(93)80-59(43-54-31-21-15-22-32-54)74(99)88(13)64(41-50(5)6)76(101)86(11)63(72(97)79-57)45-56-35-25-17-26-36-56/h48-64,67,90H,14-47H2,1-13H3,(H,78,91)(H,79,97)(H,80,93)(H,81,95)(H,82,96)(H,83,94)/t51-,52+,57-,58-,59-,60-,61-,62-,63-,64-,67-/m0/s1. The van der Waals surface area contributed by atoms with Crippen molar-refractivity contribution >= 4 is 70.9 Å². The SMILES string of the molecule is CC(C)C[C@@H]1NC(=O)[C@H](CC2CCCCC2)N(C)C(=O)[C@H](CC(C)C)N(C)C(=O)[C@H](CC2CCCCC2)NC(=O)[C@H](C)NC(=O)C[C@@H](C(=O)N2CCCCC2)NC(=O)[C@H](CC2CCCCC2)N(C)C(=O)CN(C)C(=O)[C@H](CC2CCCCC2)NC(=O)[C@H](CC(C)C)N(C)C(=O)[C@H]([C@@H](C)O)NC1=O. The molecular weight excluding hydrogens is 1300 g/mol. The number of carbonyl (C=O) groups is 12. The molecule has 11 atom stereocenters. The highest BCUT2D eigenvalue weighted by molar-refractivity contribution is 6.00. The van der Waals surface area contributed by atoms with Crippen LogP contribution in [0.5, 0.6) is 0 Å². The van der Waals surface area contributed by atoms with Crippen LogP contribution in [0, 0.1) is 41.4 Å². The van der Waals surface area contributed by atoms with Crippen LogP contribution in [0.3, 0.4) is 0 Å². The van der Waals surface area contributed by atoms with E-state index in [4.69, 9.17) is 0 Å². The number of aliphatic hydroxyl groups is 1. The third-order valence-electron chi connectivity index (χ3n) is 22.8. The van der Waals surface area contributed by atoms with Gasteiger partial charge >= 0.3 is 0 Å². The van der Waals surface area contributed by atoms with Crippen molar-refractivity contribution in [3.8, 4) is 0 Å². The molecule has 0 aromatic rings. The molecule has 0 bridgehead atoms. The lowest BCUT2D eigenvalue weighted by molar-refractivity contribution is -0.150. The first-order valence-corrected chi connectivity index (χ1v) is 39.4. The van der Waals surface area contributed by atoms with Gasteiger partial charge in [-0.25, -0.2) is 0 Å². The van der Waals surface area contributed by atoms with E-state index in [1.54, 1.807) is 11.9 Å². The summed E-state index contributed by atoms with van der Waals surface area (Å²) in [6.45, 7) is 14.5. The van der Waals surface area contributed by atoms with E-state index in [9.17, 15) is 29.1 Å². The number of likely N-dealkylation sites (tertiary alicyclic amines) is 1. The largest absolute Gasteiger partial charge is 0.391 e. The van der Waals surface area contributed by atoms with E-state index in [1.807, 2.05) is 41.5 Å². The van der Waals surface area contributed by atoms with Crippen molar-refractivity contribution in [2.45, 2.75) is 321 Å². The fourth-order valence-corrected chi connectivity index (χ4v) is 16.6. The molecule has 0 aromatic heterocycles. The molecule has 4 aliphatic carbocycles. The van der Waals surface area contributed by atoms with Gasteiger partial charge in [0.25, 0.3) is 0 Å². The van der Waals surface area contributed by atoms with E-state index in [-0.39, 0.29) is 86.4 Å². The van der Waals surface area contributed by atoms with Gasteiger partial charge in [0.2, 0.25) is 70.9 Å². The smallest absolute Gasteiger partial charge is 0.248 e. The predicted molar refractivity (Wildman–Crippen MR) is 391 cm³/mol. The number of rotatable bonds is 16. The summed E-state index contributed by atoms with van der Waals surface area (Å²) in [5.41, 5.74) is 0. The number of carbonyl (C=O) groups excluding carboxylic acids is 12. The molecule has 0 unspecified atom stereocenters. The van der Waals surface area contributed by atoms with Gasteiger partial charge in [0.15, 0.2) is 0 Å². The monoisotopic (exact) mass is 1430 g/mol. The van der Waals surface area contributed by atoms with Gasteiger partial charge < -0.3 is 66.4 Å². The third kappa shape index (κ3) is 25.4. The summed E-state index contributed by atoms with van der Waals surface area (Å²) in [4.78, 5) is 188. The van der Waals surface area contributed by atoms with Gasteiger partial charge in [-0.2, -0.15) is 0 Å². The Balaban J connectivity index is 1.45. The highest BCUT2D eigenvalue weighted by Gasteiger charge is 2.44. The first kappa shape index (κ1) is 84.5. The molecule has 6 rings (SSSR count). The van der Waals surface area contributed by atoms with Crippen molar-refractivity contribution in [2.24, 2.45) is 41.4 Å². The fourth-order valence-electron chi connectivity index (χ4n) is 16.6. The molecule has 6 aliphatic rings. The van der Waals surface area contributed by atoms with Crippen molar-refractivity contribution in [1.82, 2.24) is 61.3 Å². The first-order chi connectivity index (χ1) is 48.3. The van der Waals surface area contributed by atoms with E-state index in [0.717, 1.165) is 135 Å². The molecule has 25 nitrogen and oxygen atoms in total. The molecule has 12 amide bonds. The van der Waals surface area contributed by atoms with Gasteiger partial charge in [0.05, 0.1) is 19.1 Å². The molecule has 6 fully saturated rings.